The SMILES string of the molecule is NCc1cc(C2CC(c3ccc(OC(F)(F)F)cc3)CN(C(=O)N3CCOCC3)C2)n[nH]1. The summed E-state index contributed by atoms with van der Waals surface area (Å²) in [5.41, 5.74) is 8.17. The summed E-state index contributed by atoms with van der Waals surface area (Å²) in [6.45, 7) is 3.40. The van der Waals surface area contributed by atoms with E-state index in [0.29, 0.717) is 52.4 Å². The van der Waals surface area contributed by atoms with Crippen LogP contribution in [0.2, 0.25) is 0 Å². The maximum atomic E-state index is 13.2. The summed E-state index contributed by atoms with van der Waals surface area (Å²) in [5, 5.41) is 7.29. The zero-order valence-electron chi connectivity index (χ0n) is 17.5. The molecule has 0 spiro atoms. The molecule has 8 nitrogen and oxygen atoms in total. The molecule has 4 rings (SSSR count). The lowest BCUT2D eigenvalue weighted by molar-refractivity contribution is -0.274. The molecule has 1 aromatic carbocycles. The van der Waals surface area contributed by atoms with Gasteiger partial charge in [0.1, 0.15) is 5.75 Å². The molecular weight excluding hydrogens is 427 g/mol. The summed E-state index contributed by atoms with van der Waals surface area (Å²) in [6, 6.07) is 7.71. The summed E-state index contributed by atoms with van der Waals surface area (Å²) in [6.07, 6.45) is -4.03. The van der Waals surface area contributed by atoms with E-state index >= 15 is 0 Å². The number of carbonyl (C=O) groups excluding carboxylic acids is 1. The molecule has 2 fully saturated rings. The lowest BCUT2D eigenvalue weighted by Crippen LogP contribution is -2.52. The number of amides is 2. The topological polar surface area (TPSA) is 96.7 Å². The molecule has 2 unspecified atom stereocenters. The van der Waals surface area contributed by atoms with Crippen molar-refractivity contribution in [2.75, 3.05) is 39.4 Å². The third kappa shape index (κ3) is 5.33. The van der Waals surface area contributed by atoms with Crippen LogP contribution in [0.15, 0.2) is 30.3 Å². The van der Waals surface area contributed by atoms with Crippen molar-refractivity contribution in [3.05, 3.63) is 47.3 Å². The molecule has 2 aliphatic rings. The minimum atomic E-state index is -4.74. The number of piperidine rings is 1. The first-order chi connectivity index (χ1) is 15.3. The number of aromatic amines is 1. The van der Waals surface area contributed by atoms with E-state index in [0.717, 1.165) is 17.0 Å². The molecule has 2 aliphatic heterocycles. The quantitative estimate of drug-likeness (QED) is 0.742. The zero-order valence-corrected chi connectivity index (χ0v) is 17.5. The molecule has 11 heteroatoms. The number of ether oxygens (including phenoxy) is 2. The predicted molar refractivity (Wildman–Crippen MR) is 109 cm³/mol. The Morgan fingerprint density at radius 2 is 1.84 bits per heavy atom. The highest BCUT2D eigenvalue weighted by atomic mass is 19.4. The van der Waals surface area contributed by atoms with Crippen molar-refractivity contribution < 1.29 is 27.4 Å². The van der Waals surface area contributed by atoms with Gasteiger partial charge in [0.2, 0.25) is 0 Å². The molecule has 0 saturated carbocycles. The molecule has 0 radical (unpaired) electrons. The number of rotatable bonds is 4. The van der Waals surface area contributed by atoms with E-state index in [1.807, 2.05) is 6.07 Å². The van der Waals surface area contributed by atoms with Gasteiger partial charge in [-0.2, -0.15) is 5.10 Å². The van der Waals surface area contributed by atoms with Crippen molar-refractivity contribution in [3.63, 3.8) is 0 Å². The second-order valence-electron chi connectivity index (χ2n) is 8.06. The largest absolute Gasteiger partial charge is 0.573 e. The van der Waals surface area contributed by atoms with Gasteiger partial charge in [-0.05, 0) is 30.2 Å². The Hall–Kier alpha value is -2.79. The van der Waals surface area contributed by atoms with Gasteiger partial charge in [-0.1, -0.05) is 12.1 Å². The summed E-state index contributed by atoms with van der Waals surface area (Å²) in [5.74, 6) is -0.354. The monoisotopic (exact) mass is 453 g/mol. The van der Waals surface area contributed by atoms with Gasteiger partial charge in [-0.25, -0.2) is 4.79 Å². The average Bonchev–Trinajstić information content (AvgIpc) is 3.28. The van der Waals surface area contributed by atoms with Gasteiger partial charge in [0.25, 0.3) is 0 Å². The first kappa shape index (κ1) is 22.4. The van der Waals surface area contributed by atoms with Gasteiger partial charge < -0.3 is 25.0 Å². The number of hydrogen-bond donors (Lipinski definition) is 2. The molecule has 3 heterocycles. The van der Waals surface area contributed by atoms with Crippen molar-refractivity contribution in [3.8, 4) is 5.75 Å². The van der Waals surface area contributed by atoms with E-state index in [1.165, 1.54) is 12.1 Å². The van der Waals surface area contributed by atoms with Crippen molar-refractivity contribution in [1.29, 1.82) is 0 Å². The predicted octanol–water partition coefficient (Wildman–Crippen LogP) is 2.79. The average molecular weight is 453 g/mol. The van der Waals surface area contributed by atoms with Gasteiger partial charge in [0, 0.05) is 50.3 Å². The third-order valence-electron chi connectivity index (χ3n) is 5.88. The van der Waals surface area contributed by atoms with E-state index in [1.54, 1.807) is 21.9 Å². The van der Waals surface area contributed by atoms with E-state index in [4.69, 9.17) is 10.5 Å². The Kier molecular flexibility index (Phi) is 6.56. The number of nitrogens with two attached hydrogens (primary N) is 1. The van der Waals surface area contributed by atoms with E-state index < -0.39 is 6.36 Å². The number of nitrogens with one attached hydrogen (secondary N) is 1. The summed E-state index contributed by atoms with van der Waals surface area (Å²) in [7, 11) is 0. The maximum absolute atomic E-state index is 13.2. The molecule has 2 atom stereocenters. The minimum absolute atomic E-state index is 0.0265. The van der Waals surface area contributed by atoms with Crippen LogP contribution in [0.25, 0.3) is 0 Å². The number of urea groups is 1. The Morgan fingerprint density at radius 3 is 2.47 bits per heavy atom. The fraction of sp³-hybridized carbons (Fsp3) is 0.524. The molecule has 0 bridgehead atoms. The van der Waals surface area contributed by atoms with Crippen LogP contribution in [0.3, 0.4) is 0 Å². The van der Waals surface area contributed by atoms with Gasteiger partial charge >= 0.3 is 12.4 Å². The summed E-state index contributed by atoms with van der Waals surface area (Å²) < 4.78 is 46.8. The molecule has 2 saturated heterocycles. The number of alkyl halides is 3. The molecule has 2 aromatic rings. The van der Waals surface area contributed by atoms with Gasteiger partial charge in [0.05, 0.1) is 18.9 Å². The standard InChI is InChI=1S/C21H26F3N5O3/c22-21(23,24)32-18-3-1-14(2-4-18)15-9-16(19-10-17(11-25)26-27-19)13-29(12-15)20(30)28-5-7-31-8-6-28/h1-4,10,15-16H,5-9,11-13,25H2,(H,26,27). The molecule has 174 valence electrons. The highest BCUT2D eigenvalue weighted by molar-refractivity contribution is 5.75. The lowest BCUT2D eigenvalue weighted by atomic mass is 9.83. The van der Waals surface area contributed by atoms with Crippen molar-refractivity contribution >= 4 is 6.03 Å². The molecule has 3 N–H and O–H groups in total. The van der Waals surface area contributed by atoms with Crippen LogP contribution in [0.1, 0.15) is 35.2 Å². The second kappa shape index (κ2) is 9.37. The van der Waals surface area contributed by atoms with Gasteiger partial charge in [-0.15, -0.1) is 13.2 Å². The molecule has 1 aromatic heterocycles. The first-order valence-electron chi connectivity index (χ1n) is 10.5. The number of halogens is 3. The molecule has 32 heavy (non-hydrogen) atoms. The Morgan fingerprint density at radius 1 is 1.16 bits per heavy atom. The number of aromatic nitrogens is 2. The number of benzene rings is 1. The van der Waals surface area contributed by atoms with E-state index in [2.05, 4.69) is 14.9 Å². The van der Waals surface area contributed by atoms with Crippen LogP contribution in [0.5, 0.6) is 5.75 Å². The highest BCUT2D eigenvalue weighted by Gasteiger charge is 2.35. The normalized spacial score (nSPS) is 22.1. The minimum Gasteiger partial charge on any atom is -0.406 e. The zero-order chi connectivity index (χ0) is 22.7. The number of carbonyl (C=O) groups is 1. The Labute approximate surface area is 183 Å². The number of morpholine rings is 1. The summed E-state index contributed by atoms with van der Waals surface area (Å²) in [4.78, 5) is 16.8. The van der Waals surface area contributed by atoms with Crippen molar-refractivity contribution in [1.82, 2.24) is 20.0 Å². The number of likely N-dealkylation sites (tertiary alicyclic amines) is 1. The third-order valence-corrected chi connectivity index (χ3v) is 5.88. The molecule has 2 amide bonds. The molecule has 0 aliphatic carbocycles. The second-order valence-corrected chi connectivity index (χ2v) is 8.06. The van der Waals surface area contributed by atoms with Crippen LogP contribution in [-0.4, -0.2) is 71.8 Å². The first-order valence-corrected chi connectivity index (χ1v) is 10.5. The number of hydrogen-bond acceptors (Lipinski definition) is 5. The van der Waals surface area contributed by atoms with Crippen molar-refractivity contribution in [2.24, 2.45) is 5.73 Å². The number of H-pyrrole nitrogens is 1. The fourth-order valence-corrected chi connectivity index (χ4v) is 4.30. The van der Waals surface area contributed by atoms with Crippen molar-refractivity contribution in [2.45, 2.75) is 31.2 Å². The molecular formula is C21H26F3N5O3. The van der Waals surface area contributed by atoms with Gasteiger partial charge in [-0.3, -0.25) is 5.10 Å². The van der Waals surface area contributed by atoms with Crippen LogP contribution in [-0.2, 0) is 11.3 Å². The van der Waals surface area contributed by atoms with Crippen LogP contribution < -0.4 is 10.5 Å². The highest BCUT2D eigenvalue weighted by Crippen LogP contribution is 2.36. The smallest absolute Gasteiger partial charge is 0.406 e. The Bertz CT molecular complexity index is 912. The van der Waals surface area contributed by atoms with E-state index in [9.17, 15) is 18.0 Å². The fourth-order valence-electron chi connectivity index (χ4n) is 4.30. The van der Waals surface area contributed by atoms with Crippen LogP contribution in [0, 0.1) is 0 Å². The van der Waals surface area contributed by atoms with Crippen LogP contribution in [0.4, 0.5) is 18.0 Å². The van der Waals surface area contributed by atoms with E-state index in [-0.39, 0.29) is 23.6 Å². The van der Waals surface area contributed by atoms with Gasteiger partial charge in [0.15, 0.2) is 0 Å². The lowest BCUT2D eigenvalue weighted by Gasteiger charge is -2.40. The Balaban J connectivity index is 1.55. The summed E-state index contributed by atoms with van der Waals surface area (Å²) >= 11 is 0. The van der Waals surface area contributed by atoms with Crippen LogP contribution >= 0.6 is 0 Å². The number of nitrogens with zero attached hydrogens (tertiary/aromatic N) is 3. The maximum Gasteiger partial charge on any atom is 0.573 e.